The van der Waals surface area contributed by atoms with Gasteiger partial charge in [0, 0.05) is 28.3 Å². The van der Waals surface area contributed by atoms with Crippen molar-refractivity contribution in [1.82, 2.24) is 4.90 Å². The van der Waals surface area contributed by atoms with Crippen LogP contribution >= 0.6 is 15.9 Å². The van der Waals surface area contributed by atoms with E-state index in [9.17, 15) is 4.79 Å². The molecule has 1 aliphatic carbocycles. The van der Waals surface area contributed by atoms with Crippen LogP contribution in [0.1, 0.15) is 43.5 Å². The third-order valence-electron chi connectivity index (χ3n) is 3.44. The topological polar surface area (TPSA) is 46.3 Å². The van der Waals surface area contributed by atoms with Crippen LogP contribution in [0, 0.1) is 5.92 Å². The van der Waals surface area contributed by atoms with E-state index in [1.54, 1.807) is 6.07 Å². The van der Waals surface area contributed by atoms with Gasteiger partial charge in [-0.25, -0.2) is 0 Å². The zero-order chi connectivity index (χ0) is 14.0. The van der Waals surface area contributed by atoms with Gasteiger partial charge in [-0.2, -0.15) is 0 Å². The van der Waals surface area contributed by atoms with Crippen LogP contribution in [0.5, 0.6) is 0 Å². The molecule has 0 aliphatic heterocycles. The molecule has 1 amide bonds. The Morgan fingerprint density at radius 1 is 1.47 bits per heavy atom. The molecular formula is C15H21BrN2O. The van der Waals surface area contributed by atoms with E-state index in [1.807, 2.05) is 17.0 Å². The first-order valence-corrected chi connectivity index (χ1v) is 7.64. The van der Waals surface area contributed by atoms with Crippen molar-refractivity contribution in [1.29, 1.82) is 0 Å². The first-order valence-electron chi connectivity index (χ1n) is 6.85. The van der Waals surface area contributed by atoms with E-state index in [-0.39, 0.29) is 5.91 Å². The minimum atomic E-state index is 0.113. The maximum absolute atomic E-state index is 12.6. The summed E-state index contributed by atoms with van der Waals surface area (Å²) in [5, 5.41) is 0. The first kappa shape index (κ1) is 14.4. The van der Waals surface area contributed by atoms with Crippen molar-refractivity contribution in [2.75, 3.05) is 12.3 Å². The predicted octanol–water partition coefficient (Wildman–Crippen LogP) is 3.68. The fourth-order valence-corrected chi connectivity index (χ4v) is 2.32. The van der Waals surface area contributed by atoms with Crippen LogP contribution in [0.15, 0.2) is 22.7 Å². The lowest BCUT2D eigenvalue weighted by atomic mass is 10.1. The standard InChI is InChI=1S/C15H21BrN2O/c1-10(2)7-8-18(12-4-5-12)15(19)11-3-6-13(16)14(17)9-11/h3,6,9-10,12H,4-5,7-8,17H2,1-2H3. The molecule has 0 atom stereocenters. The molecule has 2 rings (SSSR count). The van der Waals surface area contributed by atoms with Crippen LogP contribution in [0.3, 0.4) is 0 Å². The molecule has 0 heterocycles. The Hall–Kier alpha value is -1.03. The van der Waals surface area contributed by atoms with Crippen molar-refractivity contribution >= 4 is 27.5 Å². The normalized spacial score (nSPS) is 14.7. The molecule has 1 aliphatic rings. The number of nitrogens with two attached hydrogens (primary N) is 1. The second-order valence-electron chi connectivity index (χ2n) is 5.65. The highest BCUT2D eigenvalue weighted by Gasteiger charge is 2.32. The average Bonchev–Trinajstić information content (AvgIpc) is 3.16. The predicted molar refractivity (Wildman–Crippen MR) is 82.1 cm³/mol. The highest BCUT2D eigenvalue weighted by atomic mass is 79.9. The minimum absolute atomic E-state index is 0.113. The lowest BCUT2D eigenvalue weighted by Gasteiger charge is -2.23. The van der Waals surface area contributed by atoms with Gasteiger partial charge in [0.1, 0.15) is 0 Å². The lowest BCUT2D eigenvalue weighted by molar-refractivity contribution is 0.0735. The highest BCUT2D eigenvalue weighted by Crippen LogP contribution is 2.30. The smallest absolute Gasteiger partial charge is 0.254 e. The van der Waals surface area contributed by atoms with Crippen LogP contribution in [-0.4, -0.2) is 23.4 Å². The van der Waals surface area contributed by atoms with E-state index in [1.165, 1.54) is 0 Å². The van der Waals surface area contributed by atoms with Gasteiger partial charge in [0.2, 0.25) is 0 Å². The van der Waals surface area contributed by atoms with Crippen molar-refractivity contribution in [2.24, 2.45) is 5.92 Å². The zero-order valence-electron chi connectivity index (χ0n) is 11.5. The van der Waals surface area contributed by atoms with Crippen molar-refractivity contribution in [3.63, 3.8) is 0 Å². The molecule has 1 aromatic carbocycles. The molecule has 3 nitrogen and oxygen atoms in total. The second-order valence-corrected chi connectivity index (χ2v) is 6.50. The first-order chi connectivity index (χ1) is 8.99. The number of benzene rings is 1. The van der Waals surface area contributed by atoms with Gasteiger partial charge in [-0.15, -0.1) is 0 Å². The van der Waals surface area contributed by atoms with E-state index < -0.39 is 0 Å². The van der Waals surface area contributed by atoms with Gasteiger partial charge in [0.15, 0.2) is 0 Å². The fraction of sp³-hybridized carbons (Fsp3) is 0.533. The summed E-state index contributed by atoms with van der Waals surface area (Å²) in [4.78, 5) is 14.6. The van der Waals surface area contributed by atoms with Crippen LogP contribution in [-0.2, 0) is 0 Å². The van der Waals surface area contributed by atoms with Gasteiger partial charge in [0.25, 0.3) is 5.91 Å². The van der Waals surface area contributed by atoms with Crippen LogP contribution in [0.25, 0.3) is 0 Å². The van der Waals surface area contributed by atoms with Crippen LogP contribution in [0.4, 0.5) is 5.69 Å². The van der Waals surface area contributed by atoms with Gasteiger partial charge >= 0.3 is 0 Å². The number of nitrogens with zero attached hydrogens (tertiary/aromatic N) is 1. The maximum atomic E-state index is 12.6. The molecule has 1 aromatic rings. The van der Waals surface area contributed by atoms with E-state index in [2.05, 4.69) is 29.8 Å². The number of carbonyl (C=O) groups is 1. The summed E-state index contributed by atoms with van der Waals surface area (Å²) >= 11 is 3.36. The average molecular weight is 325 g/mol. The van der Waals surface area contributed by atoms with Gasteiger partial charge in [-0.3, -0.25) is 4.79 Å². The molecule has 0 spiro atoms. The number of hydrogen-bond donors (Lipinski definition) is 1. The molecule has 4 heteroatoms. The Kier molecular flexibility index (Phi) is 4.50. The van der Waals surface area contributed by atoms with Crippen molar-refractivity contribution in [2.45, 2.75) is 39.2 Å². The number of amides is 1. The highest BCUT2D eigenvalue weighted by molar-refractivity contribution is 9.10. The number of hydrogen-bond acceptors (Lipinski definition) is 2. The third kappa shape index (κ3) is 3.72. The summed E-state index contributed by atoms with van der Waals surface area (Å²) in [5.41, 5.74) is 7.16. The number of carbonyl (C=O) groups excluding carboxylic acids is 1. The Morgan fingerprint density at radius 2 is 2.16 bits per heavy atom. The SMILES string of the molecule is CC(C)CCN(C(=O)c1ccc(Br)c(N)c1)C1CC1. The quantitative estimate of drug-likeness (QED) is 0.840. The summed E-state index contributed by atoms with van der Waals surface area (Å²) < 4.78 is 0.837. The van der Waals surface area contributed by atoms with Gasteiger partial charge in [-0.1, -0.05) is 13.8 Å². The molecule has 1 saturated carbocycles. The molecule has 0 saturated heterocycles. The summed E-state index contributed by atoms with van der Waals surface area (Å²) in [6.07, 6.45) is 3.32. The van der Waals surface area contributed by atoms with E-state index >= 15 is 0 Å². The summed E-state index contributed by atoms with van der Waals surface area (Å²) in [6.45, 7) is 5.22. The van der Waals surface area contributed by atoms with Gasteiger partial charge < -0.3 is 10.6 Å². The van der Waals surface area contributed by atoms with Gasteiger partial charge in [0.05, 0.1) is 0 Å². The number of halogens is 1. The maximum Gasteiger partial charge on any atom is 0.254 e. The minimum Gasteiger partial charge on any atom is -0.398 e. The molecule has 1 fully saturated rings. The van der Waals surface area contributed by atoms with E-state index in [0.717, 1.165) is 30.3 Å². The lowest BCUT2D eigenvalue weighted by Crippen LogP contribution is -2.34. The van der Waals surface area contributed by atoms with Crippen molar-refractivity contribution in [3.8, 4) is 0 Å². The van der Waals surface area contributed by atoms with Crippen molar-refractivity contribution < 1.29 is 4.79 Å². The molecular weight excluding hydrogens is 304 g/mol. The Morgan fingerprint density at radius 3 is 2.68 bits per heavy atom. The van der Waals surface area contributed by atoms with E-state index in [4.69, 9.17) is 5.73 Å². The summed E-state index contributed by atoms with van der Waals surface area (Å²) in [7, 11) is 0. The Balaban J connectivity index is 2.12. The van der Waals surface area contributed by atoms with Crippen molar-refractivity contribution in [3.05, 3.63) is 28.2 Å². The molecule has 2 N–H and O–H groups in total. The number of rotatable bonds is 5. The molecule has 0 aromatic heterocycles. The molecule has 0 unspecified atom stereocenters. The molecule has 104 valence electrons. The number of nitrogen functional groups attached to an aromatic ring is 1. The molecule has 0 bridgehead atoms. The summed E-state index contributed by atoms with van der Waals surface area (Å²) in [5.74, 6) is 0.728. The second kappa shape index (κ2) is 5.95. The van der Waals surface area contributed by atoms with Crippen LogP contribution < -0.4 is 5.73 Å². The Labute approximate surface area is 123 Å². The third-order valence-corrected chi connectivity index (χ3v) is 4.16. The molecule has 19 heavy (non-hydrogen) atoms. The zero-order valence-corrected chi connectivity index (χ0v) is 13.1. The van der Waals surface area contributed by atoms with Gasteiger partial charge in [-0.05, 0) is 59.3 Å². The largest absolute Gasteiger partial charge is 0.398 e. The van der Waals surface area contributed by atoms with E-state index in [0.29, 0.717) is 23.2 Å². The molecule has 0 radical (unpaired) electrons. The fourth-order valence-electron chi connectivity index (χ4n) is 2.08. The summed E-state index contributed by atoms with van der Waals surface area (Å²) in [6, 6.07) is 5.89. The Bertz CT molecular complexity index is 469. The monoisotopic (exact) mass is 324 g/mol. The number of anilines is 1. The van der Waals surface area contributed by atoms with Crippen LogP contribution in [0.2, 0.25) is 0 Å².